The van der Waals surface area contributed by atoms with Crippen molar-refractivity contribution in [2.45, 2.75) is 25.9 Å². The summed E-state index contributed by atoms with van der Waals surface area (Å²) >= 11 is 0. The molecule has 2 rings (SSSR count). The number of hydrogen-bond acceptors (Lipinski definition) is 2. The van der Waals surface area contributed by atoms with Crippen LogP contribution in [0.15, 0.2) is 49.1 Å². The molecule has 18 heavy (non-hydrogen) atoms. The van der Waals surface area contributed by atoms with Crippen molar-refractivity contribution in [1.29, 1.82) is 10.8 Å². The normalized spacial score (nSPS) is 10.4. The van der Waals surface area contributed by atoms with Crippen LogP contribution in [-0.4, -0.2) is 9.13 Å². The molecular weight excluding hydrogens is 224 g/mol. The van der Waals surface area contributed by atoms with E-state index in [9.17, 15) is 0 Å². The van der Waals surface area contributed by atoms with Gasteiger partial charge in [0.2, 0.25) is 0 Å². The first kappa shape index (κ1) is 12.4. The van der Waals surface area contributed by atoms with E-state index in [0.717, 1.165) is 25.9 Å². The molecule has 4 heteroatoms. The van der Waals surface area contributed by atoms with E-state index in [1.165, 1.54) is 0 Å². The van der Waals surface area contributed by atoms with Crippen LogP contribution in [0.5, 0.6) is 0 Å². The predicted molar refractivity (Wildman–Crippen MR) is 69.8 cm³/mol. The highest BCUT2D eigenvalue weighted by atomic mass is 14.9. The molecule has 2 aromatic rings. The van der Waals surface area contributed by atoms with Gasteiger partial charge in [-0.2, -0.15) is 0 Å². The van der Waals surface area contributed by atoms with Gasteiger partial charge < -0.3 is 20.0 Å². The van der Waals surface area contributed by atoms with Crippen LogP contribution in [0, 0.1) is 10.8 Å². The van der Waals surface area contributed by atoms with Gasteiger partial charge in [0, 0.05) is 37.9 Å². The fourth-order valence-corrected chi connectivity index (χ4v) is 1.80. The highest BCUT2D eigenvalue weighted by Gasteiger charge is 1.92. The van der Waals surface area contributed by atoms with Crippen molar-refractivity contribution < 1.29 is 0 Å². The van der Waals surface area contributed by atoms with Crippen LogP contribution in [-0.2, 0) is 13.1 Å². The average Bonchev–Trinajstić information content (AvgIpc) is 2.39. The number of nitrogens with zero attached hydrogens (tertiary/aromatic N) is 2. The van der Waals surface area contributed by atoms with Gasteiger partial charge in [-0.05, 0) is 37.1 Å². The van der Waals surface area contributed by atoms with E-state index in [0.29, 0.717) is 10.7 Å². The van der Waals surface area contributed by atoms with E-state index in [1.54, 1.807) is 0 Å². The third-order valence-electron chi connectivity index (χ3n) is 2.86. The molecule has 2 heterocycles. The summed E-state index contributed by atoms with van der Waals surface area (Å²) < 4.78 is 4.21. The van der Waals surface area contributed by atoms with Gasteiger partial charge in [-0.15, -0.1) is 0 Å². The van der Waals surface area contributed by atoms with E-state index in [-0.39, 0.29) is 0 Å². The van der Waals surface area contributed by atoms with Crippen LogP contribution in [0.3, 0.4) is 0 Å². The largest absolute Gasteiger partial charge is 0.354 e. The lowest BCUT2D eigenvalue weighted by Crippen LogP contribution is -2.06. The second-order valence-electron chi connectivity index (χ2n) is 4.36. The quantitative estimate of drug-likeness (QED) is 0.750. The highest BCUT2D eigenvalue weighted by Crippen LogP contribution is 1.97. The molecule has 0 aromatic carbocycles. The molecule has 94 valence electrons. The smallest absolute Gasteiger partial charge is 0.0568 e. The Morgan fingerprint density at radius 2 is 1.00 bits per heavy atom. The van der Waals surface area contributed by atoms with Crippen molar-refractivity contribution in [1.82, 2.24) is 9.13 Å². The minimum absolute atomic E-state index is 0.553. The maximum Gasteiger partial charge on any atom is 0.0568 e. The Morgan fingerprint density at radius 3 is 1.33 bits per heavy atom. The first-order chi connectivity index (χ1) is 8.74. The van der Waals surface area contributed by atoms with Crippen molar-refractivity contribution in [3.8, 4) is 0 Å². The molecule has 0 saturated heterocycles. The lowest BCUT2D eigenvalue weighted by Gasteiger charge is -2.07. The lowest BCUT2D eigenvalue weighted by molar-refractivity contribution is 0.549. The number of aromatic nitrogens is 2. The van der Waals surface area contributed by atoms with E-state index in [1.807, 2.05) is 49.1 Å². The van der Waals surface area contributed by atoms with Crippen molar-refractivity contribution in [3.63, 3.8) is 0 Å². The van der Waals surface area contributed by atoms with Gasteiger partial charge >= 0.3 is 0 Å². The number of hydrogen-bond donors (Lipinski definition) is 2. The zero-order chi connectivity index (χ0) is 12.8. The molecule has 0 amide bonds. The van der Waals surface area contributed by atoms with E-state index in [4.69, 9.17) is 10.8 Å². The van der Waals surface area contributed by atoms with Crippen LogP contribution >= 0.6 is 0 Å². The fourth-order valence-electron chi connectivity index (χ4n) is 1.80. The van der Waals surface area contributed by atoms with E-state index >= 15 is 0 Å². The standard InChI is InChI=1S/C14H18N4/c15-13-3-9-17(10-4-13)7-1-2-8-18-11-5-14(16)6-12-18/h3-6,9-12,15-16H,1-2,7-8H2. The molecule has 0 saturated carbocycles. The van der Waals surface area contributed by atoms with Gasteiger partial charge in [0.25, 0.3) is 0 Å². The predicted octanol–water partition coefficient (Wildman–Crippen LogP) is 1.73. The van der Waals surface area contributed by atoms with Crippen LogP contribution in [0.1, 0.15) is 12.8 Å². The molecule has 2 N–H and O–H groups in total. The van der Waals surface area contributed by atoms with Crippen molar-refractivity contribution in [2.75, 3.05) is 0 Å². The number of rotatable bonds is 5. The van der Waals surface area contributed by atoms with Crippen LogP contribution in [0.2, 0.25) is 0 Å². The van der Waals surface area contributed by atoms with E-state index in [2.05, 4.69) is 9.13 Å². The van der Waals surface area contributed by atoms with E-state index < -0.39 is 0 Å². The van der Waals surface area contributed by atoms with Gasteiger partial charge in [0.15, 0.2) is 0 Å². The summed E-state index contributed by atoms with van der Waals surface area (Å²) in [5.74, 6) is 0. The number of pyridine rings is 2. The molecule has 0 unspecified atom stereocenters. The molecule has 0 fully saturated rings. The molecule has 2 aromatic heterocycles. The van der Waals surface area contributed by atoms with Gasteiger partial charge in [-0.25, -0.2) is 0 Å². The van der Waals surface area contributed by atoms with Gasteiger partial charge in [0.05, 0.1) is 10.7 Å². The molecule has 4 nitrogen and oxygen atoms in total. The summed E-state index contributed by atoms with van der Waals surface area (Å²) in [6.07, 6.45) is 10.0. The molecule has 0 spiro atoms. The third-order valence-corrected chi connectivity index (χ3v) is 2.86. The first-order valence-electron chi connectivity index (χ1n) is 6.15. The zero-order valence-corrected chi connectivity index (χ0v) is 10.3. The lowest BCUT2D eigenvalue weighted by atomic mass is 10.3. The third kappa shape index (κ3) is 3.73. The average molecular weight is 242 g/mol. The van der Waals surface area contributed by atoms with Crippen molar-refractivity contribution in [2.24, 2.45) is 0 Å². The molecule has 0 radical (unpaired) electrons. The number of nitrogens with one attached hydrogen (secondary N) is 2. The molecule has 0 aliphatic rings. The SMILES string of the molecule is N=c1ccn(CCCCn2ccc(=N)cc2)cc1. The highest BCUT2D eigenvalue weighted by molar-refractivity contribution is 4.91. The van der Waals surface area contributed by atoms with Gasteiger partial charge in [-0.3, -0.25) is 0 Å². The second kappa shape index (κ2) is 6.00. The molecule has 0 bridgehead atoms. The maximum absolute atomic E-state index is 7.40. The Morgan fingerprint density at radius 1 is 0.667 bits per heavy atom. The van der Waals surface area contributed by atoms with Crippen molar-refractivity contribution in [3.05, 3.63) is 59.8 Å². The van der Waals surface area contributed by atoms with Crippen molar-refractivity contribution >= 4 is 0 Å². The number of unbranched alkanes of at least 4 members (excludes halogenated alkanes) is 1. The minimum atomic E-state index is 0.553. The zero-order valence-electron chi connectivity index (χ0n) is 10.3. The van der Waals surface area contributed by atoms with Crippen LogP contribution < -0.4 is 10.7 Å². The summed E-state index contributed by atoms with van der Waals surface area (Å²) in [6, 6.07) is 7.23. The van der Waals surface area contributed by atoms with Crippen LogP contribution in [0.25, 0.3) is 0 Å². The monoisotopic (exact) mass is 242 g/mol. The fraction of sp³-hybridized carbons (Fsp3) is 0.286. The summed E-state index contributed by atoms with van der Waals surface area (Å²) in [5, 5.41) is 15.9. The Kier molecular flexibility index (Phi) is 4.12. The molecular formula is C14H18N4. The van der Waals surface area contributed by atoms with Gasteiger partial charge in [-0.1, -0.05) is 0 Å². The molecule has 0 atom stereocenters. The molecule has 0 aliphatic heterocycles. The summed E-state index contributed by atoms with van der Waals surface area (Å²) in [6.45, 7) is 1.97. The summed E-state index contributed by atoms with van der Waals surface area (Å²) in [4.78, 5) is 0. The summed E-state index contributed by atoms with van der Waals surface area (Å²) in [7, 11) is 0. The minimum Gasteiger partial charge on any atom is -0.354 e. The molecule has 0 aliphatic carbocycles. The maximum atomic E-state index is 7.40. The summed E-state index contributed by atoms with van der Waals surface area (Å²) in [5.41, 5.74) is 0. The van der Waals surface area contributed by atoms with Crippen LogP contribution in [0.4, 0.5) is 0 Å². The Bertz CT molecular complexity index is 513. The Labute approximate surface area is 106 Å². The number of aryl methyl sites for hydroxylation is 2. The topological polar surface area (TPSA) is 57.6 Å². The van der Waals surface area contributed by atoms with Gasteiger partial charge in [0.1, 0.15) is 0 Å². The Balaban J connectivity index is 1.76. The second-order valence-corrected chi connectivity index (χ2v) is 4.36. The first-order valence-corrected chi connectivity index (χ1v) is 6.15. The Hall–Kier alpha value is -2.10.